The molecule has 0 saturated heterocycles. The minimum atomic E-state index is 0.329. The molecule has 3 unspecified atom stereocenters. The van der Waals surface area contributed by atoms with Gasteiger partial charge in [-0.1, -0.05) is 99.9 Å². The topological polar surface area (TPSA) is 27.6 Å². The van der Waals surface area contributed by atoms with Crippen LogP contribution in [-0.2, 0) is 6.54 Å². The van der Waals surface area contributed by atoms with Gasteiger partial charge in [0.15, 0.2) is 0 Å². The van der Waals surface area contributed by atoms with E-state index in [0.29, 0.717) is 32.4 Å². The van der Waals surface area contributed by atoms with E-state index >= 15 is 0 Å². The second kappa shape index (κ2) is 15.9. The van der Waals surface area contributed by atoms with Gasteiger partial charge < -0.3 is 9.99 Å². The van der Waals surface area contributed by atoms with Gasteiger partial charge in [0.25, 0.3) is 0 Å². The average molecular weight is 556 g/mol. The maximum Gasteiger partial charge on any atom is 0.120 e. The lowest BCUT2D eigenvalue weighted by Gasteiger charge is -2.32. The molecule has 4 atom stereocenters. The number of nitrogens with one attached hydrogen (secondary N) is 1. The van der Waals surface area contributed by atoms with E-state index in [1.54, 1.807) is 0 Å². The summed E-state index contributed by atoms with van der Waals surface area (Å²) in [4.78, 5) is 4.90. The van der Waals surface area contributed by atoms with Crippen molar-refractivity contribution in [3.8, 4) is 0 Å². The maximum absolute atomic E-state index is 4.90. The number of aliphatic imine (C=N–C) groups is 1. The molecule has 214 valence electrons. The van der Waals surface area contributed by atoms with Crippen LogP contribution in [0.25, 0.3) is 5.70 Å². The van der Waals surface area contributed by atoms with Crippen molar-refractivity contribution in [1.82, 2.24) is 9.99 Å². The highest BCUT2D eigenvalue weighted by Gasteiger charge is 2.29. The smallest absolute Gasteiger partial charge is 0.120 e. The van der Waals surface area contributed by atoms with Gasteiger partial charge in [0.05, 0.1) is 11.9 Å². The van der Waals surface area contributed by atoms with Crippen LogP contribution in [0.2, 0.25) is 0 Å². The zero-order chi connectivity index (χ0) is 29.1. The molecule has 0 aromatic heterocycles. The predicted octanol–water partition coefficient (Wildman–Crippen LogP) is 9.37. The number of benzene rings is 1. The fraction of sp³-hybridized carbons (Fsp3) is 0.444. The van der Waals surface area contributed by atoms with Crippen molar-refractivity contribution >= 4 is 20.3 Å². The fourth-order valence-corrected chi connectivity index (χ4v) is 6.67. The number of rotatable bonds is 13. The average Bonchev–Trinajstić information content (AvgIpc) is 3.18. The summed E-state index contributed by atoms with van der Waals surface area (Å²) in [5, 5.41) is 3.56. The van der Waals surface area contributed by atoms with Gasteiger partial charge in [0.1, 0.15) is 5.84 Å². The molecule has 2 aliphatic rings. The molecule has 1 heterocycles. The van der Waals surface area contributed by atoms with E-state index in [1.165, 1.54) is 34.3 Å². The summed E-state index contributed by atoms with van der Waals surface area (Å²) < 4.78 is 2.40. The Kier molecular flexibility index (Phi) is 12.7. The summed E-state index contributed by atoms with van der Waals surface area (Å²) >= 11 is 0. The van der Waals surface area contributed by atoms with Gasteiger partial charge in [-0.2, -0.15) is 0 Å². The standard InChI is InChI=1S/C36H50N3P/c1-9-12-30(13-10-2)24-37-25-31-16-19-34(28(6)23-31)35-20-21-38-36(39(35)40-8)33-15-11-14-32(17-18-33)29(7)27(5)22-26(3)4/h9-13,15-16,19,21,23,26,29,32-33,37,40H,1,5,14,17-18,22,24-25H2,2-4,6-8H3/b13-10-,30-12+/t29-,32?,33?/m1/s1. The molecule has 4 heteroatoms. The quantitative estimate of drug-likeness (QED) is 0.114. The van der Waals surface area contributed by atoms with Crippen LogP contribution < -0.4 is 5.32 Å². The van der Waals surface area contributed by atoms with Crippen molar-refractivity contribution in [2.75, 3.05) is 13.2 Å². The Labute approximate surface area is 246 Å². The highest BCUT2D eigenvalue weighted by atomic mass is 31.1. The van der Waals surface area contributed by atoms with Crippen molar-refractivity contribution in [3.63, 3.8) is 0 Å². The third-order valence-electron chi connectivity index (χ3n) is 8.00. The number of nitrogens with zero attached hydrogens (tertiary/aromatic N) is 2. The number of amidine groups is 1. The van der Waals surface area contributed by atoms with Crippen LogP contribution in [-0.4, -0.2) is 23.7 Å². The van der Waals surface area contributed by atoms with Crippen LogP contribution in [0.1, 0.15) is 70.1 Å². The monoisotopic (exact) mass is 555 g/mol. The Hall–Kier alpha value is -2.70. The van der Waals surface area contributed by atoms with Crippen LogP contribution in [0.3, 0.4) is 0 Å². The Bertz CT molecular complexity index is 1220. The van der Waals surface area contributed by atoms with Gasteiger partial charge in [-0.05, 0) is 89.4 Å². The first-order valence-corrected chi connectivity index (χ1v) is 16.3. The molecule has 1 aliphatic carbocycles. The summed E-state index contributed by atoms with van der Waals surface area (Å²) in [5.74, 6) is 3.37. The van der Waals surface area contributed by atoms with E-state index < -0.39 is 0 Å². The number of allylic oxidation sites excluding steroid dienone is 5. The lowest BCUT2D eigenvalue weighted by atomic mass is 9.80. The van der Waals surface area contributed by atoms with E-state index in [-0.39, 0.29) is 0 Å². The fourth-order valence-electron chi connectivity index (χ4n) is 5.81. The number of aryl methyl sites for hydroxylation is 1. The van der Waals surface area contributed by atoms with Gasteiger partial charge in [-0.3, -0.25) is 0 Å². The predicted molar refractivity (Wildman–Crippen MR) is 179 cm³/mol. The molecular formula is C36H50N3P. The minimum absolute atomic E-state index is 0.329. The Morgan fingerprint density at radius 3 is 2.75 bits per heavy atom. The molecule has 0 amide bonds. The molecule has 0 bridgehead atoms. The molecule has 1 aliphatic heterocycles. The van der Waals surface area contributed by atoms with Crippen LogP contribution in [0, 0.1) is 30.6 Å². The first-order chi connectivity index (χ1) is 19.3. The molecule has 1 N–H and O–H groups in total. The zero-order valence-electron chi connectivity index (χ0n) is 25.6. The maximum atomic E-state index is 4.90. The van der Waals surface area contributed by atoms with Crippen LogP contribution in [0.5, 0.6) is 0 Å². The number of hydrogen-bond donors (Lipinski definition) is 1. The normalized spacial score (nSPS) is 20.8. The largest absolute Gasteiger partial charge is 0.309 e. The van der Waals surface area contributed by atoms with E-state index in [0.717, 1.165) is 43.9 Å². The molecule has 0 fully saturated rings. The van der Waals surface area contributed by atoms with E-state index in [2.05, 4.69) is 112 Å². The van der Waals surface area contributed by atoms with Crippen molar-refractivity contribution in [3.05, 3.63) is 108 Å². The molecule has 0 spiro atoms. The van der Waals surface area contributed by atoms with Crippen molar-refractivity contribution in [2.24, 2.45) is 28.7 Å². The molecule has 3 nitrogen and oxygen atoms in total. The van der Waals surface area contributed by atoms with Crippen molar-refractivity contribution in [2.45, 2.75) is 66.8 Å². The summed E-state index contributed by atoms with van der Waals surface area (Å²) in [6.45, 7) is 23.4. The lowest BCUT2D eigenvalue weighted by molar-refractivity contribution is 0.358. The molecule has 0 saturated carbocycles. The molecule has 40 heavy (non-hydrogen) atoms. The van der Waals surface area contributed by atoms with Gasteiger partial charge in [0, 0.05) is 24.6 Å². The first-order valence-electron chi connectivity index (χ1n) is 14.9. The highest BCUT2D eigenvalue weighted by molar-refractivity contribution is 7.35. The van der Waals surface area contributed by atoms with Gasteiger partial charge >= 0.3 is 0 Å². The molecule has 1 aromatic carbocycles. The SMILES string of the molecule is C=C/C=C(\C=C/C)CNCc1ccc(C2=C=CN=C(C3C=CCC([C@H](C)C(=C)CC(C)C)CC3)N2PC)c(C)c1. The van der Waals surface area contributed by atoms with Crippen molar-refractivity contribution < 1.29 is 0 Å². The third-order valence-corrected chi connectivity index (χ3v) is 8.90. The summed E-state index contributed by atoms with van der Waals surface area (Å²) in [6, 6.07) is 6.79. The minimum Gasteiger partial charge on any atom is -0.309 e. The highest BCUT2D eigenvalue weighted by Crippen LogP contribution is 2.38. The van der Waals surface area contributed by atoms with E-state index in [4.69, 9.17) is 4.99 Å². The molecule has 1 aromatic rings. The first kappa shape index (κ1) is 31.8. The van der Waals surface area contributed by atoms with Crippen LogP contribution >= 0.6 is 8.73 Å². The Balaban J connectivity index is 1.69. The van der Waals surface area contributed by atoms with Gasteiger partial charge in [-0.15, -0.1) is 0 Å². The van der Waals surface area contributed by atoms with E-state index in [1.807, 2.05) is 19.2 Å². The third kappa shape index (κ3) is 8.65. The van der Waals surface area contributed by atoms with Crippen LogP contribution in [0.15, 0.2) is 95.9 Å². The van der Waals surface area contributed by atoms with Crippen molar-refractivity contribution in [1.29, 1.82) is 0 Å². The number of hydrogen-bond acceptors (Lipinski definition) is 3. The summed E-state index contributed by atoms with van der Waals surface area (Å²) in [5.41, 5.74) is 11.0. The zero-order valence-corrected chi connectivity index (χ0v) is 26.6. The van der Waals surface area contributed by atoms with E-state index in [9.17, 15) is 0 Å². The van der Waals surface area contributed by atoms with Crippen LogP contribution in [0.4, 0.5) is 0 Å². The summed E-state index contributed by atoms with van der Waals surface area (Å²) in [7, 11) is 0.590. The molecule has 0 radical (unpaired) electrons. The Morgan fingerprint density at radius 2 is 2.08 bits per heavy atom. The Morgan fingerprint density at radius 1 is 1.27 bits per heavy atom. The summed E-state index contributed by atoms with van der Waals surface area (Å²) in [6.07, 6.45) is 19.4. The second-order valence-corrected chi connectivity index (χ2v) is 12.4. The lowest BCUT2D eigenvalue weighted by Crippen LogP contribution is -2.29. The van der Waals surface area contributed by atoms with Gasteiger partial charge in [-0.25, -0.2) is 4.99 Å². The molecular weight excluding hydrogens is 505 g/mol. The second-order valence-electron chi connectivity index (χ2n) is 11.6. The molecule has 3 rings (SSSR count). The van der Waals surface area contributed by atoms with Gasteiger partial charge in [0.2, 0.25) is 0 Å².